The summed E-state index contributed by atoms with van der Waals surface area (Å²) in [4.78, 5) is 14.4. The number of carbonyl (C=O) groups is 1. The Morgan fingerprint density at radius 2 is 1.76 bits per heavy atom. The van der Waals surface area contributed by atoms with Crippen molar-refractivity contribution in [1.82, 2.24) is 0 Å². The number of hydrogen-bond acceptors (Lipinski definition) is 3. The number of rotatable bonds is 3. The molecule has 2 N–H and O–H groups in total. The molecule has 4 heteroatoms. The van der Waals surface area contributed by atoms with E-state index in [2.05, 4.69) is 10.2 Å². The maximum absolute atomic E-state index is 12.1. The van der Waals surface area contributed by atoms with Crippen molar-refractivity contribution in [2.75, 3.05) is 23.3 Å². The summed E-state index contributed by atoms with van der Waals surface area (Å²) in [7, 11) is 0. The minimum atomic E-state index is -0.222. The van der Waals surface area contributed by atoms with Gasteiger partial charge in [-0.25, -0.2) is 0 Å². The number of phenols is 1. The van der Waals surface area contributed by atoms with Crippen LogP contribution in [-0.2, 0) is 0 Å². The highest BCUT2D eigenvalue weighted by Gasteiger charge is 2.12. The number of phenolic OH excluding ortho intramolecular Hbond substituents is 1. The summed E-state index contributed by atoms with van der Waals surface area (Å²) in [6.45, 7) is 2.21. The zero-order chi connectivity index (χ0) is 14.7. The third kappa shape index (κ3) is 3.16. The topological polar surface area (TPSA) is 52.6 Å². The van der Waals surface area contributed by atoms with Crippen LogP contribution in [0.5, 0.6) is 5.75 Å². The van der Waals surface area contributed by atoms with Gasteiger partial charge in [-0.3, -0.25) is 4.79 Å². The van der Waals surface area contributed by atoms with Crippen LogP contribution in [0.15, 0.2) is 48.5 Å². The van der Waals surface area contributed by atoms with Crippen molar-refractivity contribution in [1.29, 1.82) is 0 Å². The first-order valence-electron chi connectivity index (χ1n) is 7.18. The van der Waals surface area contributed by atoms with Crippen LogP contribution in [0.2, 0.25) is 0 Å². The van der Waals surface area contributed by atoms with Gasteiger partial charge in [0.25, 0.3) is 5.91 Å². The third-order valence-electron chi connectivity index (χ3n) is 3.70. The molecule has 108 valence electrons. The van der Waals surface area contributed by atoms with Gasteiger partial charge in [0.05, 0.1) is 0 Å². The molecule has 0 bridgehead atoms. The predicted octanol–water partition coefficient (Wildman–Crippen LogP) is 3.24. The molecule has 21 heavy (non-hydrogen) atoms. The molecule has 1 fully saturated rings. The summed E-state index contributed by atoms with van der Waals surface area (Å²) in [5.41, 5.74) is 2.40. The quantitative estimate of drug-likeness (QED) is 0.908. The van der Waals surface area contributed by atoms with Crippen molar-refractivity contribution in [3.63, 3.8) is 0 Å². The van der Waals surface area contributed by atoms with Gasteiger partial charge in [-0.2, -0.15) is 0 Å². The molecule has 3 rings (SSSR count). The van der Waals surface area contributed by atoms with Gasteiger partial charge in [0, 0.05) is 30.0 Å². The number of nitrogens with zero attached hydrogens (tertiary/aromatic N) is 1. The highest BCUT2D eigenvalue weighted by Crippen LogP contribution is 2.22. The first kappa shape index (κ1) is 13.5. The molecule has 0 aromatic heterocycles. The average Bonchev–Trinajstić information content (AvgIpc) is 3.02. The number of hydrogen-bond donors (Lipinski definition) is 2. The molecule has 1 heterocycles. The highest BCUT2D eigenvalue weighted by molar-refractivity contribution is 6.04. The van der Waals surface area contributed by atoms with E-state index in [4.69, 9.17) is 0 Å². The molecule has 4 nitrogen and oxygen atoms in total. The van der Waals surface area contributed by atoms with Crippen LogP contribution in [0.3, 0.4) is 0 Å². The molecular weight excluding hydrogens is 264 g/mol. The van der Waals surface area contributed by atoms with E-state index in [0.717, 1.165) is 18.8 Å². The van der Waals surface area contributed by atoms with Crippen molar-refractivity contribution in [3.8, 4) is 5.75 Å². The lowest BCUT2D eigenvalue weighted by molar-refractivity contribution is 0.102. The Labute approximate surface area is 124 Å². The second kappa shape index (κ2) is 5.87. The van der Waals surface area contributed by atoms with Crippen LogP contribution in [0.1, 0.15) is 23.2 Å². The van der Waals surface area contributed by atoms with Crippen molar-refractivity contribution in [2.45, 2.75) is 12.8 Å². The van der Waals surface area contributed by atoms with Crippen molar-refractivity contribution in [2.24, 2.45) is 0 Å². The van der Waals surface area contributed by atoms with Crippen LogP contribution in [-0.4, -0.2) is 24.1 Å². The SMILES string of the molecule is O=C(Nc1ccc(N2CCCC2)cc1)c1cccc(O)c1. The van der Waals surface area contributed by atoms with E-state index in [-0.39, 0.29) is 11.7 Å². The molecule has 0 unspecified atom stereocenters. The Bertz CT molecular complexity index is 631. The lowest BCUT2D eigenvalue weighted by Crippen LogP contribution is -2.17. The first-order chi connectivity index (χ1) is 10.2. The molecule has 1 amide bonds. The Morgan fingerprint density at radius 3 is 2.43 bits per heavy atom. The van der Waals surface area contributed by atoms with E-state index in [0.29, 0.717) is 5.56 Å². The van der Waals surface area contributed by atoms with Crippen molar-refractivity contribution in [3.05, 3.63) is 54.1 Å². The monoisotopic (exact) mass is 282 g/mol. The Hall–Kier alpha value is -2.49. The summed E-state index contributed by atoms with van der Waals surface area (Å²) < 4.78 is 0. The van der Waals surface area contributed by atoms with E-state index >= 15 is 0 Å². The highest BCUT2D eigenvalue weighted by atomic mass is 16.3. The fourth-order valence-electron chi connectivity index (χ4n) is 2.58. The second-order valence-electron chi connectivity index (χ2n) is 5.25. The Kier molecular flexibility index (Phi) is 3.77. The number of benzene rings is 2. The molecule has 0 radical (unpaired) electrons. The lowest BCUT2D eigenvalue weighted by atomic mass is 10.2. The molecule has 0 spiro atoms. The van der Waals surface area contributed by atoms with Crippen LogP contribution < -0.4 is 10.2 Å². The standard InChI is InChI=1S/C17H18N2O2/c20-16-5-3-4-13(12-16)17(21)18-14-6-8-15(9-7-14)19-10-1-2-11-19/h3-9,12,20H,1-2,10-11H2,(H,18,21). The second-order valence-corrected chi connectivity index (χ2v) is 5.25. The summed E-state index contributed by atoms with van der Waals surface area (Å²) in [6.07, 6.45) is 2.49. The number of amides is 1. The Balaban J connectivity index is 1.68. The van der Waals surface area contributed by atoms with Crippen LogP contribution in [0.4, 0.5) is 11.4 Å². The normalized spacial score (nSPS) is 14.2. The van der Waals surface area contributed by atoms with Gasteiger partial charge in [-0.1, -0.05) is 6.07 Å². The first-order valence-corrected chi connectivity index (χ1v) is 7.18. The van der Waals surface area contributed by atoms with Crippen LogP contribution >= 0.6 is 0 Å². The van der Waals surface area contributed by atoms with E-state index in [1.54, 1.807) is 18.2 Å². The van der Waals surface area contributed by atoms with Crippen molar-refractivity contribution >= 4 is 17.3 Å². The number of aromatic hydroxyl groups is 1. The number of nitrogens with one attached hydrogen (secondary N) is 1. The summed E-state index contributed by atoms with van der Waals surface area (Å²) in [6, 6.07) is 14.2. The molecule has 0 atom stereocenters. The lowest BCUT2D eigenvalue weighted by Gasteiger charge is -2.17. The fourth-order valence-corrected chi connectivity index (χ4v) is 2.58. The Morgan fingerprint density at radius 1 is 1.05 bits per heavy atom. The minimum absolute atomic E-state index is 0.0898. The molecule has 1 saturated heterocycles. The maximum atomic E-state index is 12.1. The summed E-state index contributed by atoms with van der Waals surface area (Å²) >= 11 is 0. The smallest absolute Gasteiger partial charge is 0.255 e. The van der Waals surface area contributed by atoms with Crippen LogP contribution in [0.25, 0.3) is 0 Å². The molecular formula is C17H18N2O2. The predicted molar refractivity (Wildman–Crippen MR) is 83.9 cm³/mol. The van der Waals surface area contributed by atoms with E-state index in [1.807, 2.05) is 24.3 Å². The molecule has 2 aromatic rings. The molecule has 1 aliphatic heterocycles. The van der Waals surface area contributed by atoms with Gasteiger partial charge in [-0.15, -0.1) is 0 Å². The largest absolute Gasteiger partial charge is 0.508 e. The summed E-state index contributed by atoms with van der Waals surface area (Å²) in [5.74, 6) is -0.133. The molecule has 0 aliphatic carbocycles. The number of anilines is 2. The maximum Gasteiger partial charge on any atom is 0.255 e. The third-order valence-corrected chi connectivity index (χ3v) is 3.70. The fraction of sp³-hybridized carbons (Fsp3) is 0.235. The number of carbonyl (C=O) groups excluding carboxylic acids is 1. The van der Waals surface area contributed by atoms with E-state index in [9.17, 15) is 9.90 Å². The molecule has 2 aromatic carbocycles. The van der Waals surface area contributed by atoms with Gasteiger partial charge < -0.3 is 15.3 Å². The van der Waals surface area contributed by atoms with Gasteiger partial charge in [0.2, 0.25) is 0 Å². The van der Waals surface area contributed by atoms with Crippen molar-refractivity contribution < 1.29 is 9.90 Å². The van der Waals surface area contributed by atoms with Gasteiger partial charge >= 0.3 is 0 Å². The van der Waals surface area contributed by atoms with Crippen LogP contribution in [0, 0.1) is 0 Å². The molecule has 1 aliphatic rings. The van der Waals surface area contributed by atoms with Gasteiger partial charge in [0.1, 0.15) is 5.75 Å². The average molecular weight is 282 g/mol. The zero-order valence-corrected chi connectivity index (χ0v) is 11.7. The van der Waals surface area contributed by atoms with Gasteiger partial charge in [0.15, 0.2) is 0 Å². The summed E-state index contributed by atoms with van der Waals surface area (Å²) in [5, 5.41) is 12.2. The van der Waals surface area contributed by atoms with Gasteiger partial charge in [-0.05, 0) is 55.3 Å². The minimum Gasteiger partial charge on any atom is -0.508 e. The zero-order valence-electron chi connectivity index (χ0n) is 11.7. The molecule has 0 saturated carbocycles. The van der Waals surface area contributed by atoms with E-state index < -0.39 is 0 Å². The van der Waals surface area contributed by atoms with E-state index in [1.165, 1.54) is 24.6 Å².